The van der Waals surface area contributed by atoms with Gasteiger partial charge < -0.3 is 9.80 Å². The second kappa shape index (κ2) is 9.13. The van der Waals surface area contributed by atoms with E-state index >= 15 is 0 Å². The minimum absolute atomic E-state index is 0.133. The van der Waals surface area contributed by atoms with E-state index in [2.05, 4.69) is 29.0 Å². The lowest BCUT2D eigenvalue weighted by Gasteiger charge is -2.42. The second-order valence-corrected chi connectivity index (χ2v) is 9.47. The number of fused-ring (bicyclic) bond motifs is 1. The third-order valence-electron chi connectivity index (χ3n) is 7.35. The molecule has 3 aliphatic rings. The molecule has 0 radical (unpaired) electrons. The summed E-state index contributed by atoms with van der Waals surface area (Å²) in [6, 6.07) is 10.9. The maximum Gasteiger partial charge on any atom is 0.274 e. The van der Waals surface area contributed by atoms with Crippen molar-refractivity contribution in [1.29, 1.82) is 0 Å². The Morgan fingerprint density at radius 3 is 2.48 bits per heavy atom. The summed E-state index contributed by atoms with van der Waals surface area (Å²) in [6.45, 7) is 5.95. The van der Waals surface area contributed by atoms with Gasteiger partial charge in [0.2, 0.25) is 0 Å². The molecular formula is C25H35N5O. The van der Waals surface area contributed by atoms with Gasteiger partial charge in [-0.25, -0.2) is 4.68 Å². The van der Waals surface area contributed by atoms with E-state index in [1.807, 2.05) is 27.8 Å². The van der Waals surface area contributed by atoms with Crippen LogP contribution < -0.4 is 0 Å². The van der Waals surface area contributed by atoms with Gasteiger partial charge in [0, 0.05) is 50.0 Å². The first-order valence-corrected chi connectivity index (χ1v) is 12.1. The number of hydrogen-bond donors (Lipinski definition) is 0. The number of hydrogen-bond acceptors (Lipinski definition) is 4. The molecular weight excluding hydrogens is 386 g/mol. The van der Waals surface area contributed by atoms with Gasteiger partial charge >= 0.3 is 0 Å². The van der Waals surface area contributed by atoms with E-state index < -0.39 is 0 Å². The SMILES string of the molecule is CN1CCCC(N2CCN(C(=O)c3nn(-c4ccccc4)c4c3CCCCC4)CC2)C1. The molecule has 0 spiro atoms. The molecule has 5 rings (SSSR count). The van der Waals surface area contributed by atoms with E-state index in [0.717, 1.165) is 57.7 Å². The van der Waals surface area contributed by atoms with Crippen molar-refractivity contribution in [2.75, 3.05) is 46.3 Å². The topological polar surface area (TPSA) is 44.6 Å². The average molecular weight is 422 g/mol. The van der Waals surface area contributed by atoms with E-state index in [1.54, 1.807) is 0 Å². The summed E-state index contributed by atoms with van der Waals surface area (Å²) in [5.41, 5.74) is 4.20. The number of likely N-dealkylation sites (N-methyl/N-ethyl adjacent to an activating group) is 1. The summed E-state index contributed by atoms with van der Waals surface area (Å²) < 4.78 is 2.04. The first-order valence-electron chi connectivity index (χ1n) is 12.1. The van der Waals surface area contributed by atoms with Crippen LogP contribution in [0.4, 0.5) is 0 Å². The van der Waals surface area contributed by atoms with E-state index in [9.17, 15) is 4.79 Å². The summed E-state index contributed by atoms with van der Waals surface area (Å²) in [6.07, 6.45) is 8.09. The number of aromatic nitrogens is 2. The Balaban J connectivity index is 1.34. The highest BCUT2D eigenvalue weighted by molar-refractivity contribution is 5.94. The molecule has 3 heterocycles. The first kappa shape index (κ1) is 20.7. The number of carbonyl (C=O) groups excluding carboxylic acids is 1. The molecule has 0 N–H and O–H groups in total. The lowest BCUT2D eigenvalue weighted by molar-refractivity contribution is 0.0447. The van der Waals surface area contributed by atoms with Crippen LogP contribution in [0.1, 0.15) is 53.8 Å². The van der Waals surface area contributed by atoms with Gasteiger partial charge in [-0.15, -0.1) is 0 Å². The Bertz CT molecular complexity index is 900. The summed E-state index contributed by atoms with van der Waals surface area (Å²) >= 11 is 0. The molecule has 1 amide bonds. The summed E-state index contributed by atoms with van der Waals surface area (Å²) in [4.78, 5) is 20.7. The lowest BCUT2D eigenvalue weighted by Crippen LogP contribution is -2.55. The number of para-hydroxylation sites is 1. The van der Waals surface area contributed by atoms with Crippen LogP contribution in [-0.2, 0) is 12.8 Å². The molecule has 0 bridgehead atoms. The fourth-order valence-electron chi connectivity index (χ4n) is 5.61. The Hall–Kier alpha value is -2.18. The number of amides is 1. The fraction of sp³-hybridized carbons (Fsp3) is 0.600. The van der Waals surface area contributed by atoms with Crippen molar-refractivity contribution in [3.8, 4) is 5.69 Å². The van der Waals surface area contributed by atoms with Gasteiger partial charge in [0.05, 0.1) is 5.69 Å². The van der Waals surface area contributed by atoms with E-state index in [-0.39, 0.29) is 5.91 Å². The van der Waals surface area contributed by atoms with Crippen LogP contribution in [0.15, 0.2) is 30.3 Å². The minimum atomic E-state index is 0.133. The van der Waals surface area contributed by atoms with Crippen LogP contribution in [0, 0.1) is 0 Å². The molecule has 2 fully saturated rings. The maximum absolute atomic E-state index is 13.6. The summed E-state index contributed by atoms with van der Waals surface area (Å²) in [5, 5.41) is 4.90. The normalized spacial score (nSPS) is 23.4. The van der Waals surface area contributed by atoms with Crippen molar-refractivity contribution < 1.29 is 4.79 Å². The zero-order valence-electron chi connectivity index (χ0n) is 18.8. The quantitative estimate of drug-likeness (QED) is 0.715. The monoisotopic (exact) mass is 421 g/mol. The van der Waals surface area contributed by atoms with Gasteiger partial charge in [0.1, 0.15) is 0 Å². The average Bonchev–Trinajstić information content (AvgIpc) is 3.00. The molecule has 1 aromatic heterocycles. The van der Waals surface area contributed by atoms with Crippen molar-refractivity contribution in [3.05, 3.63) is 47.3 Å². The fourth-order valence-corrected chi connectivity index (χ4v) is 5.61. The molecule has 1 unspecified atom stereocenters. The predicted octanol–water partition coefficient (Wildman–Crippen LogP) is 2.99. The molecule has 2 saturated heterocycles. The standard InChI is InChI=1S/C25H35N5O/c1-27-14-8-11-21(19-27)28-15-17-29(18-16-28)25(31)24-22-12-6-3-7-13-23(22)30(26-24)20-9-4-2-5-10-20/h2,4-5,9-10,21H,3,6-8,11-19H2,1H3. The van der Waals surface area contributed by atoms with Crippen LogP contribution in [0.2, 0.25) is 0 Å². The Morgan fingerprint density at radius 1 is 0.935 bits per heavy atom. The number of piperidine rings is 1. The van der Waals surface area contributed by atoms with Gasteiger partial charge in [-0.1, -0.05) is 24.6 Å². The highest BCUT2D eigenvalue weighted by atomic mass is 16.2. The number of rotatable bonds is 3. The van der Waals surface area contributed by atoms with Crippen LogP contribution >= 0.6 is 0 Å². The Morgan fingerprint density at radius 2 is 1.71 bits per heavy atom. The first-order chi connectivity index (χ1) is 15.2. The third-order valence-corrected chi connectivity index (χ3v) is 7.35. The predicted molar refractivity (Wildman–Crippen MR) is 123 cm³/mol. The third kappa shape index (κ3) is 4.28. The molecule has 0 saturated carbocycles. The van der Waals surface area contributed by atoms with Gasteiger partial charge in [-0.2, -0.15) is 5.10 Å². The lowest BCUT2D eigenvalue weighted by atomic mass is 10.0. The van der Waals surface area contributed by atoms with E-state index in [0.29, 0.717) is 11.7 Å². The number of likely N-dealkylation sites (tertiary alicyclic amines) is 1. The number of piperazine rings is 1. The summed E-state index contributed by atoms with van der Waals surface area (Å²) in [7, 11) is 2.22. The van der Waals surface area contributed by atoms with Gasteiger partial charge in [0.25, 0.3) is 5.91 Å². The number of benzene rings is 1. The second-order valence-electron chi connectivity index (χ2n) is 9.47. The molecule has 1 atom stereocenters. The molecule has 1 aliphatic carbocycles. The maximum atomic E-state index is 13.6. The van der Waals surface area contributed by atoms with Crippen molar-refractivity contribution >= 4 is 5.91 Å². The van der Waals surface area contributed by atoms with Gasteiger partial charge in [-0.05, 0) is 64.3 Å². The highest BCUT2D eigenvalue weighted by Crippen LogP contribution is 2.27. The van der Waals surface area contributed by atoms with Crippen molar-refractivity contribution in [1.82, 2.24) is 24.5 Å². The molecule has 6 nitrogen and oxygen atoms in total. The molecule has 2 aliphatic heterocycles. The van der Waals surface area contributed by atoms with Crippen molar-refractivity contribution in [2.24, 2.45) is 0 Å². The molecule has 1 aromatic carbocycles. The van der Waals surface area contributed by atoms with E-state index in [1.165, 1.54) is 43.5 Å². The number of nitrogens with zero attached hydrogens (tertiary/aromatic N) is 5. The van der Waals surface area contributed by atoms with Crippen LogP contribution in [0.3, 0.4) is 0 Å². The zero-order chi connectivity index (χ0) is 21.2. The molecule has 31 heavy (non-hydrogen) atoms. The van der Waals surface area contributed by atoms with Crippen molar-refractivity contribution in [2.45, 2.75) is 51.0 Å². The Kier molecular flexibility index (Phi) is 6.10. The molecule has 2 aromatic rings. The van der Waals surface area contributed by atoms with Crippen LogP contribution in [0.25, 0.3) is 5.69 Å². The van der Waals surface area contributed by atoms with Gasteiger partial charge in [0.15, 0.2) is 5.69 Å². The van der Waals surface area contributed by atoms with E-state index in [4.69, 9.17) is 5.10 Å². The molecule has 6 heteroatoms. The van der Waals surface area contributed by atoms with Crippen LogP contribution in [-0.4, -0.2) is 82.7 Å². The number of carbonyl (C=O) groups is 1. The molecule has 166 valence electrons. The highest BCUT2D eigenvalue weighted by Gasteiger charge is 2.32. The summed E-state index contributed by atoms with van der Waals surface area (Å²) in [5.74, 6) is 0.133. The largest absolute Gasteiger partial charge is 0.335 e. The smallest absolute Gasteiger partial charge is 0.274 e. The minimum Gasteiger partial charge on any atom is -0.335 e. The van der Waals surface area contributed by atoms with Gasteiger partial charge in [-0.3, -0.25) is 9.69 Å². The Labute approximate surface area is 185 Å². The van der Waals surface area contributed by atoms with Crippen LogP contribution in [0.5, 0.6) is 0 Å². The van der Waals surface area contributed by atoms with Crippen molar-refractivity contribution in [3.63, 3.8) is 0 Å². The zero-order valence-corrected chi connectivity index (χ0v) is 18.8.